The average molecular weight is 487 g/mol. The molecule has 0 aliphatic heterocycles. The van der Waals surface area contributed by atoms with Crippen molar-refractivity contribution in [1.82, 2.24) is 14.8 Å². The van der Waals surface area contributed by atoms with Crippen LogP contribution in [0.25, 0.3) is 21.5 Å². The highest BCUT2D eigenvalue weighted by molar-refractivity contribution is 7.99. The molecule has 7 nitrogen and oxygen atoms in total. The summed E-state index contributed by atoms with van der Waals surface area (Å²) in [5.74, 6) is 0.287. The second-order valence-corrected chi connectivity index (χ2v) is 9.82. The average Bonchev–Trinajstić information content (AvgIpc) is 3.52. The van der Waals surface area contributed by atoms with Crippen molar-refractivity contribution in [3.05, 3.63) is 46.2 Å². The Labute approximate surface area is 197 Å². The summed E-state index contributed by atoms with van der Waals surface area (Å²) in [6.07, 6.45) is 0.777. The van der Waals surface area contributed by atoms with E-state index in [9.17, 15) is 9.59 Å². The van der Waals surface area contributed by atoms with Crippen LogP contribution < -0.4 is 5.32 Å². The molecule has 1 amide bonds. The normalized spacial score (nSPS) is 11.1. The molecule has 0 unspecified atom stereocenters. The number of rotatable bonds is 8. The van der Waals surface area contributed by atoms with Crippen molar-refractivity contribution >= 4 is 61.4 Å². The quantitative estimate of drug-likeness (QED) is 0.268. The number of fused-ring (bicyclic) bond motifs is 1. The van der Waals surface area contributed by atoms with Gasteiger partial charge >= 0.3 is 5.97 Å². The molecular weight excluding hydrogens is 464 g/mol. The van der Waals surface area contributed by atoms with Gasteiger partial charge in [-0.2, -0.15) is 0 Å². The lowest BCUT2D eigenvalue weighted by atomic mass is 10.1. The van der Waals surface area contributed by atoms with Crippen LogP contribution in [0.5, 0.6) is 0 Å². The molecule has 1 N–H and O–H groups in total. The van der Waals surface area contributed by atoms with Gasteiger partial charge in [-0.05, 0) is 25.5 Å². The van der Waals surface area contributed by atoms with Crippen molar-refractivity contribution in [3.8, 4) is 11.4 Å². The summed E-state index contributed by atoms with van der Waals surface area (Å²) in [5, 5.41) is 16.0. The fraction of sp³-hybridized carbons (Fsp3) is 0.273. The fourth-order valence-corrected chi connectivity index (χ4v) is 6.04. The molecule has 4 aromatic rings. The zero-order valence-electron chi connectivity index (χ0n) is 17.9. The Morgan fingerprint density at radius 3 is 2.78 bits per heavy atom. The standard InChI is InChI=1S/C22H22N4O3S3/c1-4-13-10-15(21(28)29-3)20(32-13)23-18(27)12-31-22-25-24-19(26(22)5-2)16-11-30-17-9-7-6-8-14(16)17/h6-11H,4-5,12H2,1-3H3,(H,23,27). The maximum absolute atomic E-state index is 12.6. The second kappa shape index (κ2) is 9.85. The molecule has 3 aromatic heterocycles. The fourth-order valence-electron chi connectivity index (χ4n) is 3.29. The molecule has 0 saturated carbocycles. The number of ether oxygens (including phenoxy) is 1. The lowest BCUT2D eigenvalue weighted by molar-refractivity contribution is -0.113. The molecule has 0 spiro atoms. The van der Waals surface area contributed by atoms with Gasteiger partial charge in [0.2, 0.25) is 5.91 Å². The molecule has 10 heteroatoms. The number of nitrogens with one attached hydrogen (secondary N) is 1. The number of carbonyl (C=O) groups excluding carboxylic acids is 2. The number of esters is 1. The summed E-state index contributed by atoms with van der Waals surface area (Å²) >= 11 is 4.39. The van der Waals surface area contributed by atoms with Crippen molar-refractivity contribution in [3.63, 3.8) is 0 Å². The minimum absolute atomic E-state index is 0.155. The molecule has 32 heavy (non-hydrogen) atoms. The number of amides is 1. The van der Waals surface area contributed by atoms with E-state index in [4.69, 9.17) is 4.74 Å². The molecule has 0 saturated heterocycles. The Morgan fingerprint density at radius 1 is 1.22 bits per heavy atom. The summed E-state index contributed by atoms with van der Waals surface area (Å²) in [6, 6.07) is 9.98. The van der Waals surface area contributed by atoms with Crippen LogP contribution in [0.1, 0.15) is 29.1 Å². The van der Waals surface area contributed by atoms with E-state index >= 15 is 0 Å². The third-order valence-corrected chi connectivity index (χ3v) is 8.00. The molecule has 0 radical (unpaired) electrons. The highest BCUT2D eigenvalue weighted by atomic mass is 32.2. The van der Waals surface area contributed by atoms with Gasteiger partial charge in [-0.25, -0.2) is 4.79 Å². The summed E-state index contributed by atoms with van der Waals surface area (Å²) in [5.41, 5.74) is 1.43. The summed E-state index contributed by atoms with van der Waals surface area (Å²) in [4.78, 5) is 25.7. The molecule has 0 fully saturated rings. The SMILES string of the molecule is CCc1cc(C(=O)OC)c(NC(=O)CSc2nnc(-c3csc4ccccc34)n2CC)s1. The van der Waals surface area contributed by atoms with Crippen molar-refractivity contribution in [2.24, 2.45) is 0 Å². The highest BCUT2D eigenvalue weighted by Gasteiger charge is 2.20. The summed E-state index contributed by atoms with van der Waals surface area (Å²) in [6.45, 7) is 4.72. The number of hydrogen-bond acceptors (Lipinski definition) is 8. The van der Waals surface area contributed by atoms with E-state index in [0.717, 1.165) is 28.1 Å². The first-order chi connectivity index (χ1) is 15.5. The Hall–Kier alpha value is -2.69. The van der Waals surface area contributed by atoms with Gasteiger partial charge in [-0.3, -0.25) is 4.79 Å². The first-order valence-electron chi connectivity index (χ1n) is 10.1. The zero-order valence-corrected chi connectivity index (χ0v) is 20.3. The molecule has 0 aliphatic rings. The van der Waals surface area contributed by atoms with E-state index in [1.54, 1.807) is 17.4 Å². The summed E-state index contributed by atoms with van der Waals surface area (Å²) in [7, 11) is 1.33. The Bertz CT molecular complexity index is 1270. The molecule has 0 aliphatic carbocycles. The third-order valence-electron chi connectivity index (χ3n) is 4.88. The molecule has 1 aromatic carbocycles. The predicted molar refractivity (Wildman–Crippen MR) is 131 cm³/mol. The van der Waals surface area contributed by atoms with Gasteiger partial charge in [-0.1, -0.05) is 36.9 Å². The number of aryl methyl sites for hydroxylation is 1. The van der Waals surface area contributed by atoms with Gasteiger partial charge in [0.05, 0.1) is 18.4 Å². The second-order valence-electron chi connectivity index (χ2n) is 6.83. The molecule has 3 heterocycles. The third kappa shape index (κ3) is 4.43. The van der Waals surface area contributed by atoms with E-state index in [2.05, 4.69) is 33.0 Å². The molecule has 0 bridgehead atoms. The largest absolute Gasteiger partial charge is 0.465 e. The zero-order chi connectivity index (χ0) is 22.7. The number of hydrogen-bond donors (Lipinski definition) is 1. The van der Waals surface area contributed by atoms with E-state index in [-0.39, 0.29) is 11.7 Å². The van der Waals surface area contributed by atoms with Crippen LogP contribution in [0, 0.1) is 0 Å². The maximum atomic E-state index is 12.6. The minimum atomic E-state index is -0.456. The van der Waals surface area contributed by atoms with Crippen LogP contribution in [0.2, 0.25) is 0 Å². The lowest BCUT2D eigenvalue weighted by Crippen LogP contribution is -2.16. The minimum Gasteiger partial charge on any atom is -0.465 e. The number of aromatic nitrogens is 3. The number of anilines is 1. The van der Waals surface area contributed by atoms with E-state index < -0.39 is 5.97 Å². The van der Waals surface area contributed by atoms with Crippen LogP contribution >= 0.6 is 34.4 Å². The first kappa shape index (κ1) is 22.5. The number of thioether (sulfide) groups is 1. The molecule has 0 atom stereocenters. The van der Waals surface area contributed by atoms with Gasteiger partial charge in [0, 0.05) is 32.5 Å². The smallest absolute Gasteiger partial charge is 0.340 e. The topological polar surface area (TPSA) is 86.1 Å². The van der Waals surface area contributed by atoms with E-state index in [1.165, 1.54) is 34.9 Å². The lowest BCUT2D eigenvalue weighted by Gasteiger charge is -2.07. The Balaban J connectivity index is 1.50. The van der Waals surface area contributed by atoms with Gasteiger partial charge < -0.3 is 14.6 Å². The molecular formula is C22H22N4O3S3. The summed E-state index contributed by atoms with van der Waals surface area (Å²) < 4.78 is 8.06. The highest BCUT2D eigenvalue weighted by Crippen LogP contribution is 2.34. The van der Waals surface area contributed by atoms with Crippen molar-refractivity contribution in [1.29, 1.82) is 0 Å². The first-order valence-corrected chi connectivity index (χ1v) is 12.8. The van der Waals surface area contributed by atoms with Crippen LogP contribution in [-0.2, 0) is 22.5 Å². The van der Waals surface area contributed by atoms with Crippen molar-refractivity contribution in [2.75, 3.05) is 18.2 Å². The van der Waals surface area contributed by atoms with Crippen LogP contribution in [0.4, 0.5) is 5.00 Å². The number of methoxy groups -OCH3 is 1. The predicted octanol–water partition coefficient (Wildman–Crippen LogP) is 5.32. The van der Waals surface area contributed by atoms with Crippen molar-refractivity contribution < 1.29 is 14.3 Å². The van der Waals surface area contributed by atoms with Crippen molar-refractivity contribution in [2.45, 2.75) is 32.0 Å². The van der Waals surface area contributed by atoms with E-state index in [0.29, 0.717) is 22.3 Å². The molecule has 166 valence electrons. The van der Waals surface area contributed by atoms with Gasteiger partial charge in [0.25, 0.3) is 0 Å². The van der Waals surface area contributed by atoms with Crippen LogP contribution in [0.3, 0.4) is 0 Å². The van der Waals surface area contributed by atoms with Gasteiger partial charge in [-0.15, -0.1) is 32.9 Å². The Kier molecular flexibility index (Phi) is 6.92. The van der Waals surface area contributed by atoms with Gasteiger partial charge in [0.15, 0.2) is 11.0 Å². The van der Waals surface area contributed by atoms with Crippen LogP contribution in [0.15, 0.2) is 40.9 Å². The monoisotopic (exact) mass is 486 g/mol. The number of thiophene rings is 2. The van der Waals surface area contributed by atoms with Crippen LogP contribution in [-0.4, -0.2) is 39.5 Å². The maximum Gasteiger partial charge on any atom is 0.340 e. The van der Waals surface area contributed by atoms with E-state index in [1.807, 2.05) is 30.5 Å². The van der Waals surface area contributed by atoms with Gasteiger partial charge in [0.1, 0.15) is 5.00 Å². The Morgan fingerprint density at radius 2 is 2.03 bits per heavy atom. The number of carbonyl (C=O) groups is 2. The molecule has 4 rings (SSSR count). The number of nitrogens with zero attached hydrogens (tertiary/aromatic N) is 3. The number of benzene rings is 1.